The van der Waals surface area contributed by atoms with Crippen molar-refractivity contribution >= 4 is 28.3 Å². The minimum absolute atomic E-state index is 0.133. The average Bonchev–Trinajstić information content (AvgIpc) is 2.78. The van der Waals surface area contributed by atoms with Crippen molar-refractivity contribution in [1.29, 1.82) is 0 Å². The largest absolute Gasteiger partial charge is 0.348 e. The molecule has 5 heteroatoms. The van der Waals surface area contributed by atoms with E-state index in [9.17, 15) is 9.59 Å². The summed E-state index contributed by atoms with van der Waals surface area (Å²) in [7, 11) is 0. The van der Waals surface area contributed by atoms with Crippen LogP contribution < -0.4 is 10.6 Å². The first-order chi connectivity index (χ1) is 14.2. The van der Waals surface area contributed by atoms with Crippen LogP contribution >= 0.6 is 0 Å². The number of pyridine rings is 1. The van der Waals surface area contributed by atoms with Gasteiger partial charge < -0.3 is 10.6 Å². The molecule has 0 unspecified atom stereocenters. The van der Waals surface area contributed by atoms with Gasteiger partial charge in [0, 0.05) is 30.2 Å². The predicted octanol–water partition coefficient (Wildman–Crippen LogP) is 4.42. The average molecular weight is 381 g/mol. The molecule has 0 aliphatic carbocycles. The summed E-state index contributed by atoms with van der Waals surface area (Å²) < 4.78 is 0. The minimum atomic E-state index is -0.227. The Hall–Kier alpha value is -3.99. The summed E-state index contributed by atoms with van der Waals surface area (Å²) in [5.74, 6) is -0.360. The molecule has 0 saturated heterocycles. The van der Waals surface area contributed by atoms with Crippen molar-refractivity contribution in [2.24, 2.45) is 0 Å². The fourth-order valence-corrected chi connectivity index (χ4v) is 3.16. The minimum Gasteiger partial charge on any atom is -0.348 e. The SMILES string of the molecule is O=C(Nc1cccc(CNC(=O)c2cccc3ccccc23)c1)c1cccnc1. The lowest BCUT2D eigenvalue weighted by molar-refractivity contribution is 0.0951. The molecule has 0 saturated carbocycles. The first-order valence-electron chi connectivity index (χ1n) is 9.27. The van der Waals surface area contributed by atoms with Crippen LogP contribution in [0.15, 0.2) is 91.3 Å². The number of amides is 2. The Morgan fingerprint density at radius 2 is 1.66 bits per heavy atom. The maximum atomic E-state index is 12.7. The van der Waals surface area contributed by atoms with E-state index in [2.05, 4.69) is 15.6 Å². The summed E-state index contributed by atoms with van der Waals surface area (Å²) in [6.07, 6.45) is 3.14. The number of carbonyl (C=O) groups is 2. The van der Waals surface area contributed by atoms with Crippen LogP contribution in [0.4, 0.5) is 5.69 Å². The molecule has 0 bridgehead atoms. The fourth-order valence-electron chi connectivity index (χ4n) is 3.16. The molecule has 0 aliphatic rings. The lowest BCUT2D eigenvalue weighted by Gasteiger charge is -2.10. The van der Waals surface area contributed by atoms with E-state index in [1.807, 2.05) is 66.7 Å². The van der Waals surface area contributed by atoms with Gasteiger partial charge in [-0.3, -0.25) is 14.6 Å². The molecule has 3 aromatic carbocycles. The molecule has 0 atom stereocenters. The Balaban J connectivity index is 1.44. The van der Waals surface area contributed by atoms with Crippen LogP contribution in [0.5, 0.6) is 0 Å². The molecule has 0 radical (unpaired) electrons. The highest BCUT2D eigenvalue weighted by atomic mass is 16.2. The van der Waals surface area contributed by atoms with Crippen LogP contribution in [0.2, 0.25) is 0 Å². The quantitative estimate of drug-likeness (QED) is 0.538. The molecule has 142 valence electrons. The molecule has 0 aliphatic heterocycles. The van der Waals surface area contributed by atoms with Gasteiger partial charge in [0.05, 0.1) is 5.56 Å². The van der Waals surface area contributed by atoms with E-state index < -0.39 is 0 Å². The van der Waals surface area contributed by atoms with E-state index in [0.717, 1.165) is 16.3 Å². The molecule has 1 aromatic heterocycles. The third-order valence-electron chi connectivity index (χ3n) is 4.60. The van der Waals surface area contributed by atoms with Crippen molar-refractivity contribution in [3.05, 3.63) is 108 Å². The molecule has 2 N–H and O–H groups in total. The summed E-state index contributed by atoms with van der Waals surface area (Å²) in [5, 5.41) is 7.76. The zero-order valence-electron chi connectivity index (χ0n) is 15.6. The second-order valence-electron chi connectivity index (χ2n) is 6.61. The number of nitrogens with one attached hydrogen (secondary N) is 2. The molecule has 2 amide bonds. The first-order valence-corrected chi connectivity index (χ1v) is 9.27. The molecular weight excluding hydrogens is 362 g/mol. The number of nitrogens with zero attached hydrogens (tertiary/aromatic N) is 1. The topological polar surface area (TPSA) is 71.1 Å². The molecule has 1 heterocycles. The Morgan fingerprint density at radius 1 is 0.828 bits per heavy atom. The smallest absolute Gasteiger partial charge is 0.257 e. The number of aromatic nitrogens is 1. The van der Waals surface area contributed by atoms with Crippen LogP contribution in [0.1, 0.15) is 26.3 Å². The van der Waals surface area contributed by atoms with Gasteiger partial charge in [-0.25, -0.2) is 0 Å². The van der Waals surface area contributed by atoms with E-state index in [-0.39, 0.29) is 11.8 Å². The van der Waals surface area contributed by atoms with E-state index >= 15 is 0 Å². The van der Waals surface area contributed by atoms with Crippen LogP contribution in [-0.2, 0) is 6.54 Å². The van der Waals surface area contributed by atoms with Crippen molar-refractivity contribution in [3.8, 4) is 0 Å². The fraction of sp³-hybridized carbons (Fsp3) is 0.0417. The molecule has 4 rings (SSSR count). The number of fused-ring (bicyclic) bond motifs is 1. The van der Waals surface area contributed by atoms with Crippen LogP contribution in [0, 0.1) is 0 Å². The van der Waals surface area contributed by atoms with E-state index in [0.29, 0.717) is 23.4 Å². The van der Waals surface area contributed by atoms with Gasteiger partial charge >= 0.3 is 0 Å². The lowest BCUT2D eigenvalue weighted by atomic mass is 10.0. The predicted molar refractivity (Wildman–Crippen MR) is 114 cm³/mol. The van der Waals surface area contributed by atoms with Gasteiger partial charge in [0.2, 0.25) is 0 Å². The highest BCUT2D eigenvalue weighted by Gasteiger charge is 2.10. The third-order valence-corrected chi connectivity index (χ3v) is 4.60. The molecule has 0 spiro atoms. The van der Waals surface area contributed by atoms with Crippen molar-refractivity contribution in [1.82, 2.24) is 10.3 Å². The molecule has 0 fully saturated rings. The Kier molecular flexibility index (Phi) is 5.29. The Morgan fingerprint density at radius 3 is 2.52 bits per heavy atom. The van der Waals surface area contributed by atoms with Gasteiger partial charge in [-0.05, 0) is 46.7 Å². The zero-order chi connectivity index (χ0) is 20.1. The number of hydrogen-bond acceptors (Lipinski definition) is 3. The maximum absolute atomic E-state index is 12.7. The summed E-state index contributed by atoms with van der Waals surface area (Å²) in [6, 6.07) is 24.3. The van der Waals surface area contributed by atoms with E-state index in [4.69, 9.17) is 0 Å². The van der Waals surface area contributed by atoms with Crippen molar-refractivity contribution in [2.75, 3.05) is 5.32 Å². The molecule has 5 nitrogen and oxygen atoms in total. The normalized spacial score (nSPS) is 10.5. The van der Waals surface area contributed by atoms with Gasteiger partial charge in [0.15, 0.2) is 0 Å². The third kappa shape index (κ3) is 4.30. The van der Waals surface area contributed by atoms with E-state index in [1.165, 1.54) is 6.20 Å². The summed E-state index contributed by atoms with van der Waals surface area (Å²) in [6.45, 7) is 0.360. The number of benzene rings is 3. The number of anilines is 1. The summed E-state index contributed by atoms with van der Waals surface area (Å²) in [5.41, 5.74) is 2.68. The van der Waals surface area contributed by atoms with Crippen LogP contribution in [0.25, 0.3) is 10.8 Å². The Labute approximate surface area is 168 Å². The van der Waals surface area contributed by atoms with Gasteiger partial charge in [-0.2, -0.15) is 0 Å². The number of rotatable bonds is 5. The monoisotopic (exact) mass is 381 g/mol. The number of carbonyl (C=O) groups excluding carboxylic acids is 2. The maximum Gasteiger partial charge on any atom is 0.257 e. The van der Waals surface area contributed by atoms with Crippen molar-refractivity contribution in [3.63, 3.8) is 0 Å². The van der Waals surface area contributed by atoms with Crippen molar-refractivity contribution in [2.45, 2.75) is 6.54 Å². The highest BCUT2D eigenvalue weighted by molar-refractivity contribution is 6.07. The van der Waals surface area contributed by atoms with Crippen LogP contribution in [0.3, 0.4) is 0 Å². The van der Waals surface area contributed by atoms with Gasteiger partial charge in [-0.1, -0.05) is 48.5 Å². The first kappa shape index (κ1) is 18.4. The van der Waals surface area contributed by atoms with Crippen molar-refractivity contribution < 1.29 is 9.59 Å². The van der Waals surface area contributed by atoms with Gasteiger partial charge in [0.1, 0.15) is 0 Å². The standard InChI is InChI=1S/C24H19N3O2/c28-23(19-9-5-13-25-16-19)27-20-10-3-6-17(14-20)15-26-24(29)22-12-4-8-18-7-1-2-11-21(18)22/h1-14,16H,15H2,(H,26,29)(H,27,28). The van der Waals surface area contributed by atoms with E-state index in [1.54, 1.807) is 18.3 Å². The second-order valence-corrected chi connectivity index (χ2v) is 6.61. The summed E-state index contributed by atoms with van der Waals surface area (Å²) in [4.78, 5) is 28.9. The Bertz CT molecular complexity index is 1170. The molecule has 4 aromatic rings. The second kappa shape index (κ2) is 8.35. The van der Waals surface area contributed by atoms with Crippen LogP contribution in [-0.4, -0.2) is 16.8 Å². The van der Waals surface area contributed by atoms with Gasteiger partial charge in [0.25, 0.3) is 11.8 Å². The van der Waals surface area contributed by atoms with Gasteiger partial charge in [-0.15, -0.1) is 0 Å². The zero-order valence-corrected chi connectivity index (χ0v) is 15.6. The molecule has 29 heavy (non-hydrogen) atoms. The lowest BCUT2D eigenvalue weighted by Crippen LogP contribution is -2.23. The summed E-state index contributed by atoms with van der Waals surface area (Å²) >= 11 is 0. The molecular formula is C24H19N3O2. The highest BCUT2D eigenvalue weighted by Crippen LogP contribution is 2.19. The number of hydrogen-bond donors (Lipinski definition) is 2.